The lowest BCUT2D eigenvalue weighted by molar-refractivity contribution is -0.120. The molecule has 1 atom stereocenters. The lowest BCUT2D eigenvalue weighted by Gasteiger charge is -2.24. The maximum Gasteiger partial charge on any atom is 0.264 e. The topological polar surface area (TPSA) is 79.6 Å². The number of anilines is 1. The molecule has 0 unspecified atom stereocenters. The molecule has 6 nitrogen and oxygen atoms in total. The molecule has 0 aliphatic rings. The molecule has 0 saturated carbocycles. The Morgan fingerprint density at radius 1 is 1.00 bits per heavy atom. The molecule has 0 fully saturated rings. The number of hydrogen-bond donors (Lipinski definition) is 1. The van der Waals surface area contributed by atoms with E-state index < -0.39 is 34.3 Å². The second-order valence-corrected chi connectivity index (χ2v) is 9.14. The standard InChI is InChI=1S/C24H21FN2O4S/c1-17(23-15-18-7-5-6-10-22(18)31-23)26-24(28)16-27(20-8-3-2-4-9-20)32(29,30)21-13-11-19(25)12-14-21/h2-15,17H,16H2,1H3,(H,26,28)/t17-/m1/s1. The Balaban J connectivity index is 1.58. The summed E-state index contributed by atoms with van der Waals surface area (Å²) < 4.78 is 46.6. The number of carbonyl (C=O) groups excluding carboxylic acids is 1. The van der Waals surface area contributed by atoms with Gasteiger partial charge < -0.3 is 9.73 Å². The van der Waals surface area contributed by atoms with E-state index in [2.05, 4.69) is 5.32 Å². The first kappa shape index (κ1) is 21.6. The van der Waals surface area contributed by atoms with Crippen molar-refractivity contribution in [3.63, 3.8) is 0 Å². The van der Waals surface area contributed by atoms with Crippen LogP contribution in [0.4, 0.5) is 10.1 Å². The molecule has 0 radical (unpaired) electrons. The molecule has 4 rings (SSSR count). The van der Waals surface area contributed by atoms with Crippen LogP contribution >= 0.6 is 0 Å². The lowest BCUT2D eigenvalue weighted by Crippen LogP contribution is -2.41. The van der Waals surface area contributed by atoms with Crippen molar-refractivity contribution in [3.05, 3.63) is 96.5 Å². The molecule has 0 aliphatic heterocycles. The van der Waals surface area contributed by atoms with E-state index in [0.29, 0.717) is 17.0 Å². The predicted molar refractivity (Wildman–Crippen MR) is 120 cm³/mol. The normalized spacial score (nSPS) is 12.4. The zero-order valence-electron chi connectivity index (χ0n) is 17.2. The second-order valence-electron chi connectivity index (χ2n) is 7.28. The summed E-state index contributed by atoms with van der Waals surface area (Å²) in [6.45, 7) is 1.31. The molecule has 1 heterocycles. The van der Waals surface area contributed by atoms with Gasteiger partial charge in [-0.25, -0.2) is 12.8 Å². The highest BCUT2D eigenvalue weighted by Crippen LogP contribution is 2.25. The van der Waals surface area contributed by atoms with Gasteiger partial charge in [0.25, 0.3) is 10.0 Å². The van der Waals surface area contributed by atoms with Gasteiger partial charge in [-0.1, -0.05) is 36.4 Å². The molecular weight excluding hydrogens is 431 g/mol. The number of hydrogen-bond acceptors (Lipinski definition) is 4. The minimum absolute atomic E-state index is 0.110. The largest absolute Gasteiger partial charge is 0.459 e. The fraction of sp³-hybridized carbons (Fsp3) is 0.125. The quantitative estimate of drug-likeness (QED) is 0.443. The van der Waals surface area contributed by atoms with E-state index in [1.807, 2.05) is 30.3 Å². The van der Waals surface area contributed by atoms with Crippen molar-refractivity contribution >= 4 is 32.6 Å². The average Bonchev–Trinajstić information content (AvgIpc) is 3.23. The number of benzene rings is 3. The molecule has 8 heteroatoms. The van der Waals surface area contributed by atoms with Crippen molar-refractivity contribution < 1.29 is 22.0 Å². The number of sulfonamides is 1. The maximum atomic E-state index is 13.3. The molecular formula is C24H21FN2O4S. The number of amides is 1. The third-order valence-electron chi connectivity index (χ3n) is 4.98. The summed E-state index contributed by atoms with van der Waals surface area (Å²) in [5, 5.41) is 3.70. The van der Waals surface area contributed by atoms with Gasteiger partial charge in [0.1, 0.15) is 23.7 Å². The first-order chi connectivity index (χ1) is 15.3. The first-order valence-electron chi connectivity index (χ1n) is 9.96. The summed E-state index contributed by atoms with van der Waals surface area (Å²) in [6.07, 6.45) is 0. The summed E-state index contributed by atoms with van der Waals surface area (Å²) in [5.74, 6) is -0.493. The molecule has 3 aromatic carbocycles. The summed E-state index contributed by atoms with van der Waals surface area (Å²) in [7, 11) is -4.10. The van der Waals surface area contributed by atoms with Gasteiger partial charge >= 0.3 is 0 Å². The number of nitrogens with zero attached hydrogens (tertiary/aromatic N) is 1. The number of furan rings is 1. The molecule has 164 valence electrons. The SMILES string of the molecule is C[C@@H](NC(=O)CN(c1ccccc1)S(=O)(=O)c1ccc(F)cc1)c1cc2ccccc2o1. The Bertz CT molecular complexity index is 1300. The summed E-state index contributed by atoms with van der Waals surface area (Å²) in [4.78, 5) is 12.7. The van der Waals surface area contributed by atoms with Gasteiger partial charge in [0, 0.05) is 5.39 Å². The Morgan fingerprint density at radius 3 is 2.34 bits per heavy atom. The van der Waals surface area contributed by atoms with Crippen molar-refractivity contribution in [2.45, 2.75) is 17.9 Å². The van der Waals surface area contributed by atoms with Gasteiger partial charge in [-0.15, -0.1) is 0 Å². The van der Waals surface area contributed by atoms with Crippen molar-refractivity contribution in [2.75, 3.05) is 10.8 Å². The minimum atomic E-state index is -4.10. The lowest BCUT2D eigenvalue weighted by atomic mass is 10.2. The predicted octanol–water partition coefficient (Wildman–Crippen LogP) is 4.64. The van der Waals surface area contributed by atoms with Crippen LogP contribution in [-0.4, -0.2) is 20.9 Å². The van der Waals surface area contributed by atoms with Crippen LogP contribution in [0.5, 0.6) is 0 Å². The van der Waals surface area contributed by atoms with Crippen molar-refractivity contribution in [3.8, 4) is 0 Å². The Kier molecular flexibility index (Phi) is 5.96. The van der Waals surface area contributed by atoms with E-state index in [4.69, 9.17) is 4.42 Å². The van der Waals surface area contributed by atoms with Crippen LogP contribution in [-0.2, 0) is 14.8 Å². The van der Waals surface area contributed by atoms with Crippen LogP contribution in [0.1, 0.15) is 18.7 Å². The average molecular weight is 453 g/mol. The number of nitrogens with one attached hydrogen (secondary N) is 1. The van der Waals surface area contributed by atoms with Crippen LogP contribution in [0.2, 0.25) is 0 Å². The van der Waals surface area contributed by atoms with E-state index >= 15 is 0 Å². The minimum Gasteiger partial charge on any atom is -0.459 e. The molecule has 4 aromatic rings. The van der Waals surface area contributed by atoms with E-state index in [1.165, 1.54) is 12.1 Å². The van der Waals surface area contributed by atoms with Crippen molar-refractivity contribution in [1.82, 2.24) is 5.32 Å². The van der Waals surface area contributed by atoms with E-state index in [1.54, 1.807) is 37.3 Å². The Morgan fingerprint density at radius 2 is 1.66 bits per heavy atom. The van der Waals surface area contributed by atoms with Gasteiger partial charge in [0.05, 0.1) is 16.6 Å². The molecule has 0 aliphatic carbocycles. The number of carbonyl (C=O) groups is 1. The highest BCUT2D eigenvalue weighted by atomic mass is 32.2. The zero-order valence-corrected chi connectivity index (χ0v) is 18.1. The van der Waals surface area contributed by atoms with Crippen molar-refractivity contribution in [1.29, 1.82) is 0 Å². The monoisotopic (exact) mass is 452 g/mol. The molecule has 1 amide bonds. The molecule has 32 heavy (non-hydrogen) atoms. The molecule has 0 saturated heterocycles. The third kappa shape index (κ3) is 4.50. The maximum absolute atomic E-state index is 13.3. The fourth-order valence-corrected chi connectivity index (χ4v) is 4.77. The third-order valence-corrected chi connectivity index (χ3v) is 6.77. The summed E-state index contributed by atoms with van der Waals surface area (Å²) >= 11 is 0. The highest BCUT2D eigenvalue weighted by Gasteiger charge is 2.28. The van der Waals surface area contributed by atoms with E-state index in [0.717, 1.165) is 21.8 Å². The van der Waals surface area contributed by atoms with Crippen LogP contribution < -0.4 is 9.62 Å². The number of rotatable bonds is 7. The highest BCUT2D eigenvalue weighted by molar-refractivity contribution is 7.92. The molecule has 0 bridgehead atoms. The molecule has 0 spiro atoms. The second kappa shape index (κ2) is 8.84. The number of halogens is 1. The van der Waals surface area contributed by atoms with Crippen LogP contribution in [0, 0.1) is 5.82 Å². The van der Waals surface area contributed by atoms with Crippen LogP contribution in [0.25, 0.3) is 11.0 Å². The van der Waals surface area contributed by atoms with Crippen LogP contribution in [0.15, 0.2) is 94.2 Å². The van der Waals surface area contributed by atoms with Crippen molar-refractivity contribution in [2.24, 2.45) is 0 Å². The smallest absolute Gasteiger partial charge is 0.264 e. The Hall–Kier alpha value is -3.65. The fourth-order valence-electron chi connectivity index (χ4n) is 3.35. The summed E-state index contributed by atoms with van der Waals surface area (Å²) in [6, 6.07) is 21.6. The van der Waals surface area contributed by atoms with Gasteiger partial charge in [-0.05, 0) is 55.5 Å². The molecule has 1 aromatic heterocycles. The first-order valence-corrected chi connectivity index (χ1v) is 11.4. The zero-order chi connectivity index (χ0) is 22.7. The number of fused-ring (bicyclic) bond motifs is 1. The molecule has 1 N–H and O–H groups in total. The van der Waals surface area contributed by atoms with Gasteiger partial charge in [0.15, 0.2) is 0 Å². The number of para-hydroxylation sites is 2. The summed E-state index contributed by atoms with van der Waals surface area (Å²) in [5.41, 5.74) is 1.02. The van der Waals surface area contributed by atoms with E-state index in [9.17, 15) is 17.6 Å². The van der Waals surface area contributed by atoms with E-state index in [-0.39, 0.29) is 4.90 Å². The van der Waals surface area contributed by atoms with Gasteiger partial charge in [-0.2, -0.15) is 0 Å². The van der Waals surface area contributed by atoms with Gasteiger partial charge in [0.2, 0.25) is 5.91 Å². The van der Waals surface area contributed by atoms with Crippen LogP contribution in [0.3, 0.4) is 0 Å². The van der Waals surface area contributed by atoms with Gasteiger partial charge in [-0.3, -0.25) is 9.10 Å². The Labute approximate surface area is 185 Å².